The molecule has 0 amide bonds. The van der Waals surface area contributed by atoms with Crippen molar-refractivity contribution in [1.82, 2.24) is 0 Å². The minimum atomic E-state index is 0. The Balaban J connectivity index is -0.0000000300. The van der Waals surface area contributed by atoms with E-state index in [9.17, 15) is 0 Å². The smallest absolute Gasteiger partial charge is 0.0382 e. The first-order valence-corrected chi connectivity index (χ1v) is 3.05. The van der Waals surface area contributed by atoms with Gasteiger partial charge in [0.1, 0.15) is 0 Å². The van der Waals surface area contributed by atoms with E-state index >= 15 is 0 Å². The SMILES string of the molecule is C.C.C=CCC.C=CCC. The van der Waals surface area contributed by atoms with E-state index in [4.69, 9.17) is 0 Å². The molecular weight excluding hydrogens is 120 g/mol. The van der Waals surface area contributed by atoms with Crippen LogP contribution in [0, 0.1) is 0 Å². The average Bonchev–Trinajstić information content (AvgIpc) is 1.88. The van der Waals surface area contributed by atoms with Gasteiger partial charge in [0.05, 0.1) is 0 Å². The molecule has 0 saturated carbocycles. The summed E-state index contributed by atoms with van der Waals surface area (Å²) in [7, 11) is 0. The van der Waals surface area contributed by atoms with Crippen LogP contribution >= 0.6 is 0 Å². The zero-order chi connectivity index (χ0) is 6.83. The predicted molar refractivity (Wildman–Crippen MR) is 54.4 cm³/mol. The summed E-state index contributed by atoms with van der Waals surface area (Å²) in [6, 6.07) is 0. The molecule has 0 aromatic carbocycles. The van der Waals surface area contributed by atoms with Gasteiger partial charge in [-0.2, -0.15) is 0 Å². The van der Waals surface area contributed by atoms with E-state index in [2.05, 4.69) is 27.0 Å². The first-order chi connectivity index (χ1) is 3.83. The highest BCUT2D eigenvalue weighted by molar-refractivity contribution is 4.60. The van der Waals surface area contributed by atoms with Crippen molar-refractivity contribution < 1.29 is 0 Å². The van der Waals surface area contributed by atoms with Crippen molar-refractivity contribution in [2.75, 3.05) is 0 Å². The van der Waals surface area contributed by atoms with Crippen LogP contribution in [-0.2, 0) is 0 Å². The van der Waals surface area contributed by atoms with Gasteiger partial charge in [0.15, 0.2) is 0 Å². The molecule has 0 unspecified atom stereocenters. The van der Waals surface area contributed by atoms with Crippen molar-refractivity contribution in [3.63, 3.8) is 0 Å². The van der Waals surface area contributed by atoms with Crippen LogP contribution in [0.2, 0.25) is 0 Å². The lowest BCUT2D eigenvalue weighted by atomic mass is 10.5. The maximum Gasteiger partial charge on any atom is -0.0382 e. The topological polar surface area (TPSA) is 0 Å². The highest BCUT2D eigenvalue weighted by Crippen LogP contribution is 1.66. The van der Waals surface area contributed by atoms with E-state index in [1.54, 1.807) is 0 Å². The third-order valence-corrected chi connectivity index (χ3v) is 0.577. The average molecular weight is 144 g/mol. The van der Waals surface area contributed by atoms with Crippen LogP contribution in [0.5, 0.6) is 0 Å². The number of rotatable bonds is 2. The van der Waals surface area contributed by atoms with Crippen LogP contribution in [0.1, 0.15) is 41.5 Å². The second-order valence-electron chi connectivity index (χ2n) is 1.39. The zero-order valence-electron chi connectivity index (χ0n) is 5.98. The van der Waals surface area contributed by atoms with Crippen LogP contribution in [0.4, 0.5) is 0 Å². The van der Waals surface area contributed by atoms with Gasteiger partial charge in [0, 0.05) is 0 Å². The molecule has 0 spiro atoms. The van der Waals surface area contributed by atoms with E-state index in [0.29, 0.717) is 0 Å². The monoisotopic (exact) mass is 144 g/mol. The van der Waals surface area contributed by atoms with Gasteiger partial charge in [-0.25, -0.2) is 0 Å². The van der Waals surface area contributed by atoms with Gasteiger partial charge in [-0.15, -0.1) is 13.2 Å². The number of hydrogen-bond donors (Lipinski definition) is 0. The lowest BCUT2D eigenvalue weighted by Crippen LogP contribution is -1.36. The molecule has 0 saturated heterocycles. The van der Waals surface area contributed by atoms with E-state index in [1.165, 1.54) is 0 Å². The van der Waals surface area contributed by atoms with Crippen molar-refractivity contribution in [2.24, 2.45) is 0 Å². The van der Waals surface area contributed by atoms with Gasteiger partial charge in [-0.3, -0.25) is 0 Å². The summed E-state index contributed by atoms with van der Waals surface area (Å²) >= 11 is 0. The molecule has 0 aliphatic heterocycles. The first-order valence-electron chi connectivity index (χ1n) is 3.05. The highest BCUT2D eigenvalue weighted by atomic mass is 13.5. The fraction of sp³-hybridized carbons (Fsp3) is 0.600. The van der Waals surface area contributed by atoms with E-state index in [-0.39, 0.29) is 14.9 Å². The molecule has 0 aromatic rings. The summed E-state index contributed by atoms with van der Waals surface area (Å²) in [5, 5.41) is 0. The Morgan fingerprint density at radius 1 is 0.900 bits per heavy atom. The third kappa shape index (κ3) is 143. The standard InChI is InChI=1S/2C4H8.2CH4/c2*1-3-4-2;;/h2*3H,1,4H2,2H3;2*1H4. The Kier molecular flexibility index (Phi) is 88.9. The molecule has 0 aliphatic carbocycles. The predicted octanol–water partition coefficient (Wildman–Crippen LogP) is 4.44. The van der Waals surface area contributed by atoms with E-state index in [1.807, 2.05) is 12.2 Å². The summed E-state index contributed by atoms with van der Waals surface area (Å²) < 4.78 is 0. The van der Waals surface area contributed by atoms with Crippen LogP contribution < -0.4 is 0 Å². The third-order valence-electron chi connectivity index (χ3n) is 0.577. The molecule has 0 radical (unpaired) electrons. The molecule has 0 bridgehead atoms. The number of hydrogen-bond acceptors (Lipinski definition) is 0. The largest absolute Gasteiger partial charge is 0.103 e. The van der Waals surface area contributed by atoms with E-state index < -0.39 is 0 Å². The van der Waals surface area contributed by atoms with Crippen LogP contribution in [0.15, 0.2) is 25.3 Å². The molecule has 0 aromatic heterocycles. The Labute approximate surface area is 67.7 Å². The molecular formula is C10H24. The van der Waals surface area contributed by atoms with Crippen molar-refractivity contribution in [2.45, 2.75) is 41.5 Å². The summed E-state index contributed by atoms with van der Waals surface area (Å²) in [5.74, 6) is 0. The minimum absolute atomic E-state index is 0. The molecule has 64 valence electrons. The highest BCUT2D eigenvalue weighted by Gasteiger charge is 1.45. The van der Waals surface area contributed by atoms with Crippen molar-refractivity contribution in [3.05, 3.63) is 25.3 Å². The summed E-state index contributed by atoms with van der Waals surface area (Å²) in [6.07, 6.45) is 5.92. The minimum Gasteiger partial charge on any atom is -0.103 e. The maximum atomic E-state index is 3.48. The molecule has 0 rings (SSSR count). The van der Waals surface area contributed by atoms with Gasteiger partial charge in [-0.1, -0.05) is 40.9 Å². The molecule has 0 atom stereocenters. The zero-order valence-corrected chi connectivity index (χ0v) is 5.98. The van der Waals surface area contributed by atoms with Gasteiger partial charge in [0.2, 0.25) is 0 Å². The Bertz CT molecular complexity index is 36.0. The van der Waals surface area contributed by atoms with Gasteiger partial charge >= 0.3 is 0 Å². The molecule has 0 aliphatic rings. The quantitative estimate of drug-likeness (QED) is 0.503. The van der Waals surface area contributed by atoms with Gasteiger partial charge < -0.3 is 0 Å². The van der Waals surface area contributed by atoms with Gasteiger partial charge in [0.25, 0.3) is 0 Å². The Hall–Kier alpha value is -0.520. The fourth-order valence-electron chi connectivity index (χ4n) is 0. The lowest BCUT2D eigenvalue weighted by Gasteiger charge is -1.57. The molecule has 0 heterocycles. The van der Waals surface area contributed by atoms with Crippen molar-refractivity contribution in [1.29, 1.82) is 0 Å². The van der Waals surface area contributed by atoms with Crippen LogP contribution in [0.3, 0.4) is 0 Å². The van der Waals surface area contributed by atoms with E-state index in [0.717, 1.165) is 12.8 Å². The van der Waals surface area contributed by atoms with Gasteiger partial charge in [-0.05, 0) is 12.8 Å². The lowest BCUT2D eigenvalue weighted by molar-refractivity contribution is 1.23. The summed E-state index contributed by atoms with van der Waals surface area (Å²) in [6.45, 7) is 11.1. The Morgan fingerprint density at radius 3 is 1.00 bits per heavy atom. The molecule has 0 nitrogen and oxygen atoms in total. The van der Waals surface area contributed by atoms with Crippen molar-refractivity contribution >= 4 is 0 Å². The molecule has 0 heteroatoms. The normalized spacial score (nSPS) is 5.00. The maximum absolute atomic E-state index is 3.48. The Morgan fingerprint density at radius 2 is 1.00 bits per heavy atom. The second-order valence-corrected chi connectivity index (χ2v) is 1.39. The second kappa shape index (κ2) is 39.2. The molecule has 10 heavy (non-hydrogen) atoms. The summed E-state index contributed by atoms with van der Waals surface area (Å²) in [4.78, 5) is 0. The van der Waals surface area contributed by atoms with Crippen molar-refractivity contribution in [3.8, 4) is 0 Å². The van der Waals surface area contributed by atoms with Crippen LogP contribution in [0.25, 0.3) is 0 Å². The molecule has 0 N–H and O–H groups in total. The number of allylic oxidation sites excluding steroid dienone is 2. The fourth-order valence-corrected chi connectivity index (χ4v) is 0. The van der Waals surface area contributed by atoms with Crippen LogP contribution in [-0.4, -0.2) is 0 Å². The summed E-state index contributed by atoms with van der Waals surface area (Å²) in [5.41, 5.74) is 0. The molecule has 0 fully saturated rings. The first kappa shape index (κ1) is 22.7.